The molecular formula is C58H108N2O37. The minimum absolute atomic E-state index is 0.0110. The lowest BCUT2D eigenvalue weighted by Crippen LogP contribution is -2.60. The molecule has 14 N–H and O–H groups in total. The second-order valence-corrected chi connectivity index (χ2v) is 21.7. The summed E-state index contributed by atoms with van der Waals surface area (Å²) in [6, 6.07) is 0. The van der Waals surface area contributed by atoms with Crippen molar-refractivity contribution in [3.63, 3.8) is 0 Å². The number of esters is 1. The number of methoxy groups -OCH3 is 1. The van der Waals surface area contributed by atoms with E-state index in [1.54, 1.807) is 0 Å². The zero-order valence-electron chi connectivity index (χ0n) is 55.1. The molecule has 15 atom stereocenters. The molecule has 0 bridgehead atoms. The topological polar surface area (TPSA) is 521 Å². The zero-order chi connectivity index (χ0) is 70.7. The minimum atomic E-state index is -1.55. The largest absolute Gasteiger partial charge is 0.469 e. The average molecular weight is 1430 g/mol. The van der Waals surface area contributed by atoms with E-state index in [1.165, 1.54) is 7.11 Å². The molecule has 0 unspecified atom stereocenters. The molecule has 0 aliphatic carbocycles. The number of unbranched alkanes of at least 4 members (excludes halogenated alkanes) is 1. The highest BCUT2D eigenvalue weighted by Gasteiger charge is 2.46. The smallest absolute Gasteiger partial charge is 0.305 e. The number of rotatable bonds is 62. The van der Waals surface area contributed by atoms with Crippen LogP contribution in [0.2, 0.25) is 0 Å². The maximum absolute atomic E-state index is 13.5. The monoisotopic (exact) mass is 1420 g/mol. The normalized spacial score (nSPS) is 26.1. The molecule has 97 heavy (non-hydrogen) atoms. The van der Waals surface area contributed by atoms with Gasteiger partial charge in [-0.25, -0.2) is 0 Å². The number of carbonyl (C=O) groups is 3. The van der Waals surface area contributed by atoms with Crippen molar-refractivity contribution < 1.29 is 180 Å². The Hall–Kier alpha value is -2.91. The highest BCUT2D eigenvalue weighted by atomic mass is 16.7. The third-order valence-electron chi connectivity index (χ3n) is 14.2. The molecule has 0 spiro atoms. The van der Waals surface area contributed by atoms with E-state index in [0.717, 1.165) is 0 Å². The second-order valence-electron chi connectivity index (χ2n) is 21.7. The van der Waals surface area contributed by atoms with Gasteiger partial charge in [-0.05, 0) is 12.8 Å². The van der Waals surface area contributed by atoms with Crippen molar-refractivity contribution in [1.82, 2.24) is 10.6 Å². The first-order valence-corrected chi connectivity index (χ1v) is 32.1. The third kappa shape index (κ3) is 38.3. The molecular weight excluding hydrogens is 1320 g/mol. The Morgan fingerprint density at radius 3 is 0.887 bits per heavy atom. The average Bonchev–Trinajstić information content (AvgIpc) is 0.873. The predicted octanol–water partition coefficient (Wildman–Crippen LogP) is -8.74. The summed E-state index contributed by atoms with van der Waals surface area (Å²) in [7, 11) is 1.27. The van der Waals surface area contributed by atoms with Gasteiger partial charge in [-0.2, -0.15) is 0 Å². The van der Waals surface area contributed by atoms with Gasteiger partial charge in [0.2, 0.25) is 11.8 Å². The number of ether oxygens (including phenoxy) is 22. The van der Waals surface area contributed by atoms with Gasteiger partial charge >= 0.3 is 5.97 Å². The van der Waals surface area contributed by atoms with Crippen LogP contribution in [-0.2, 0) is 119 Å². The first-order valence-electron chi connectivity index (χ1n) is 32.1. The van der Waals surface area contributed by atoms with E-state index in [9.17, 15) is 75.7 Å². The Kier molecular flexibility index (Phi) is 50.7. The number of carbonyl (C=O) groups excluding carboxylic acids is 3. The van der Waals surface area contributed by atoms with Crippen LogP contribution < -0.4 is 10.6 Å². The number of nitrogens with one attached hydrogen (secondary N) is 2. The summed E-state index contributed by atoms with van der Waals surface area (Å²) >= 11 is 0. The van der Waals surface area contributed by atoms with E-state index < -0.39 is 142 Å². The van der Waals surface area contributed by atoms with Crippen molar-refractivity contribution in [2.45, 2.75) is 123 Å². The minimum Gasteiger partial charge on any atom is -0.469 e. The van der Waals surface area contributed by atoms with Gasteiger partial charge in [0.05, 0.1) is 212 Å². The van der Waals surface area contributed by atoms with Crippen molar-refractivity contribution in [2.24, 2.45) is 0 Å². The van der Waals surface area contributed by atoms with Crippen LogP contribution in [0.4, 0.5) is 0 Å². The summed E-state index contributed by atoms with van der Waals surface area (Å²) < 4.78 is 121. The van der Waals surface area contributed by atoms with Crippen molar-refractivity contribution in [3.05, 3.63) is 0 Å². The molecule has 3 fully saturated rings. The van der Waals surface area contributed by atoms with Gasteiger partial charge in [0.25, 0.3) is 0 Å². The summed E-state index contributed by atoms with van der Waals surface area (Å²) in [6.07, 6.45) is -19.8. The van der Waals surface area contributed by atoms with Crippen molar-refractivity contribution in [2.75, 3.05) is 232 Å². The van der Waals surface area contributed by atoms with Gasteiger partial charge in [0.1, 0.15) is 99.2 Å². The first-order chi connectivity index (χ1) is 47.0. The van der Waals surface area contributed by atoms with E-state index in [0.29, 0.717) is 12.8 Å². The van der Waals surface area contributed by atoms with Crippen molar-refractivity contribution in [3.8, 4) is 0 Å². The van der Waals surface area contributed by atoms with Gasteiger partial charge in [-0.1, -0.05) is 0 Å². The van der Waals surface area contributed by atoms with Crippen LogP contribution in [0.15, 0.2) is 0 Å². The summed E-state index contributed by atoms with van der Waals surface area (Å²) in [5.74, 6) is -1.47. The number of aliphatic hydroxyl groups excluding tert-OH is 12. The second kappa shape index (κ2) is 55.7. The SMILES string of the molecule is COC(=O)CCCCC(=O)NCC(=O)NC(COCOCCOCCOCCOCCO[C@@H]1O[C@H](CO)[C@H](O)[C@H](O)[C@H]1O)(COCOCCOCCOCCOCCO[C@@H]1O[C@H](CO)[C@H](O)[C@H](O)[C@H]1O)COCOCCOCCOCCOCCO[C@@H]1O[C@H](CO)[C@H](O)[C@H](O)[C@H]1O. The van der Waals surface area contributed by atoms with E-state index >= 15 is 0 Å². The fourth-order valence-corrected chi connectivity index (χ4v) is 8.83. The Labute approximate surface area is 562 Å². The summed E-state index contributed by atoms with van der Waals surface area (Å²) in [5, 5.41) is 123. The first kappa shape index (κ1) is 88.3. The van der Waals surface area contributed by atoms with E-state index in [2.05, 4.69) is 15.4 Å². The molecule has 39 heteroatoms. The van der Waals surface area contributed by atoms with Gasteiger partial charge in [-0.3, -0.25) is 14.4 Å². The van der Waals surface area contributed by atoms with Crippen LogP contribution in [0.5, 0.6) is 0 Å². The quantitative estimate of drug-likeness (QED) is 0.0153. The lowest BCUT2D eigenvalue weighted by molar-refractivity contribution is -0.302. The summed E-state index contributed by atoms with van der Waals surface area (Å²) in [5.41, 5.74) is -1.43. The standard InChI is InChI=1S/C58H108N2O37/c1-76-45(66)5-3-2-4-43(64)59-30-44(65)60-58(34-89-37-86-21-18-80-9-6-77-12-15-83-24-27-92-55-52(73)49(70)46(67)40(31-61)95-55,35-90-38-87-22-19-81-10-7-78-13-16-84-25-28-93-56-53(74)50(71)47(68)41(32-62)96-56)36-91-39-88-23-20-82-11-8-79-14-17-85-26-29-94-57-54(75)51(72)48(69)42(33-63)97-57/h40-42,46-57,61-63,67-75H,2-39H2,1H3,(H,59,64)(H,60,65)/t40-,41-,42-,46+,47+,48+,49+,50+,51+,52-,53-,54-,55-,56-,57-/m1/s1. The van der Waals surface area contributed by atoms with Crippen LogP contribution >= 0.6 is 0 Å². The fourth-order valence-electron chi connectivity index (χ4n) is 8.83. The van der Waals surface area contributed by atoms with Gasteiger partial charge in [0.15, 0.2) is 18.9 Å². The van der Waals surface area contributed by atoms with E-state index in [-0.39, 0.29) is 212 Å². The lowest BCUT2D eigenvalue weighted by atomic mass is 9.99. The molecule has 3 heterocycles. The predicted molar refractivity (Wildman–Crippen MR) is 321 cm³/mol. The number of amides is 2. The maximum Gasteiger partial charge on any atom is 0.305 e. The molecule has 3 aliphatic heterocycles. The molecule has 0 saturated carbocycles. The van der Waals surface area contributed by atoms with Gasteiger partial charge in [-0.15, -0.1) is 0 Å². The van der Waals surface area contributed by atoms with Crippen molar-refractivity contribution in [1.29, 1.82) is 0 Å². The zero-order valence-corrected chi connectivity index (χ0v) is 55.1. The highest BCUT2D eigenvalue weighted by Crippen LogP contribution is 2.24. The molecule has 3 saturated heterocycles. The molecule has 0 aromatic carbocycles. The molecule has 572 valence electrons. The molecule has 3 rings (SSSR count). The number of hydrogen-bond acceptors (Lipinski definition) is 37. The lowest BCUT2D eigenvalue weighted by Gasteiger charge is -2.39. The summed E-state index contributed by atoms with van der Waals surface area (Å²) in [4.78, 5) is 37.7. The molecule has 3 aliphatic rings. The Bertz CT molecular complexity index is 1760. The van der Waals surface area contributed by atoms with Crippen LogP contribution in [0.3, 0.4) is 0 Å². The van der Waals surface area contributed by atoms with E-state index in [4.69, 9.17) is 99.5 Å². The van der Waals surface area contributed by atoms with Crippen LogP contribution in [-0.4, -0.2) is 409 Å². The fraction of sp³-hybridized carbons (Fsp3) is 0.948. The maximum atomic E-state index is 13.5. The van der Waals surface area contributed by atoms with Gasteiger partial charge in [0, 0.05) is 12.8 Å². The Morgan fingerprint density at radius 1 is 0.340 bits per heavy atom. The Balaban J connectivity index is 1.41. The molecule has 2 amide bonds. The van der Waals surface area contributed by atoms with Gasteiger partial charge < -0.3 is 176 Å². The van der Waals surface area contributed by atoms with Crippen LogP contribution in [0.25, 0.3) is 0 Å². The number of aliphatic hydroxyl groups is 12. The molecule has 39 nitrogen and oxygen atoms in total. The van der Waals surface area contributed by atoms with Crippen molar-refractivity contribution >= 4 is 17.8 Å². The van der Waals surface area contributed by atoms with E-state index in [1.807, 2.05) is 0 Å². The molecule has 0 aromatic heterocycles. The molecule has 0 radical (unpaired) electrons. The Morgan fingerprint density at radius 2 is 0.608 bits per heavy atom. The number of hydrogen-bond donors (Lipinski definition) is 14. The molecule has 0 aromatic rings. The third-order valence-corrected chi connectivity index (χ3v) is 14.2. The summed E-state index contributed by atoms with van der Waals surface area (Å²) in [6.45, 7) is 0.0345. The highest BCUT2D eigenvalue weighted by molar-refractivity contribution is 5.85. The van der Waals surface area contributed by atoms with Crippen LogP contribution in [0.1, 0.15) is 25.7 Å². The van der Waals surface area contributed by atoms with Crippen LogP contribution in [0, 0.1) is 0 Å².